The van der Waals surface area contributed by atoms with Crippen molar-refractivity contribution < 1.29 is 9.53 Å². The van der Waals surface area contributed by atoms with E-state index >= 15 is 0 Å². The van der Waals surface area contributed by atoms with Gasteiger partial charge in [-0.3, -0.25) is 4.79 Å². The zero-order chi connectivity index (χ0) is 7.28. The quantitative estimate of drug-likeness (QED) is 0.394. The zero-order valence-electron chi connectivity index (χ0n) is 5.92. The molecule has 0 saturated heterocycles. The van der Waals surface area contributed by atoms with Gasteiger partial charge in [0.1, 0.15) is 0 Å². The van der Waals surface area contributed by atoms with Crippen LogP contribution in [0.25, 0.3) is 0 Å². The molecule has 0 aromatic carbocycles. The van der Waals surface area contributed by atoms with Crippen LogP contribution in [0.3, 0.4) is 0 Å². The fourth-order valence-corrected chi connectivity index (χ4v) is 0.275. The summed E-state index contributed by atoms with van der Waals surface area (Å²) in [6.45, 7) is 0. The number of likely N-dealkylation sites (N-methyl/N-ethyl adjacent to an activating group) is 1. The summed E-state index contributed by atoms with van der Waals surface area (Å²) in [5.41, 5.74) is 0. The summed E-state index contributed by atoms with van der Waals surface area (Å²) >= 11 is 0. The van der Waals surface area contributed by atoms with Gasteiger partial charge in [0.25, 0.3) is 0 Å². The van der Waals surface area contributed by atoms with Crippen molar-refractivity contribution in [1.29, 1.82) is 0 Å². The van der Waals surface area contributed by atoms with Crippen molar-refractivity contribution in [3.63, 3.8) is 0 Å². The summed E-state index contributed by atoms with van der Waals surface area (Å²) in [6, 6.07) is 0. The first-order chi connectivity index (χ1) is 4.18. The van der Waals surface area contributed by atoms with Crippen molar-refractivity contribution in [2.24, 2.45) is 0 Å². The lowest BCUT2D eigenvalue weighted by atomic mass is 10.5. The van der Waals surface area contributed by atoms with Crippen LogP contribution >= 0.6 is 0 Å². The maximum Gasteiger partial charge on any atom is 0.249 e. The second kappa shape index (κ2) is 3.95. The van der Waals surface area contributed by atoms with Crippen LogP contribution in [-0.2, 0) is 9.53 Å². The Morgan fingerprint density at radius 1 is 1.56 bits per heavy atom. The Bertz CT molecular complexity index is 118. The Morgan fingerprint density at radius 2 is 2.11 bits per heavy atom. The molecule has 0 N–H and O–H groups in total. The third kappa shape index (κ3) is 3.58. The molecule has 0 aromatic heterocycles. The number of methoxy groups -OCH3 is 1. The summed E-state index contributed by atoms with van der Waals surface area (Å²) < 4.78 is 4.53. The Morgan fingerprint density at radius 3 is 2.44 bits per heavy atom. The van der Waals surface area contributed by atoms with E-state index in [1.54, 1.807) is 14.1 Å². The first-order valence-corrected chi connectivity index (χ1v) is 2.59. The first-order valence-electron chi connectivity index (χ1n) is 2.59. The number of carbonyl (C=O) groups is 1. The first kappa shape index (κ1) is 8.01. The van der Waals surface area contributed by atoms with Crippen LogP contribution in [0.5, 0.6) is 0 Å². The smallest absolute Gasteiger partial charge is 0.249 e. The molecule has 9 heavy (non-hydrogen) atoms. The predicted octanol–water partition coefficient (Wildman–Crippen LogP) is 0.235. The SMILES string of the molecule is COC=CC(=O)N(C)C. The van der Waals surface area contributed by atoms with Gasteiger partial charge < -0.3 is 9.64 Å². The Kier molecular flexibility index (Phi) is 3.51. The lowest BCUT2D eigenvalue weighted by Crippen LogP contribution is -2.18. The van der Waals surface area contributed by atoms with Crippen LogP contribution in [0.4, 0.5) is 0 Å². The molecular weight excluding hydrogens is 118 g/mol. The Balaban J connectivity index is 3.63. The normalized spacial score (nSPS) is 9.67. The number of ether oxygens (including phenoxy) is 1. The fraction of sp³-hybridized carbons (Fsp3) is 0.500. The molecule has 0 aliphatic heterocycles. The standard InChI is InChI=1S/C6H11NO2/c1-7(2)6(8)4-5-9-3/h4-5H,1-3H3. The summed E-state index contributed by atoms with van der Waals surface area (Å²) in [6.07, 6.45) is 2.71. The van der Waals surface area contributed by atoms with Crippen LogP contribution in [0.1, 0.15) is 0 Å². The number of rotatable bonds is 2. The predicted molar refractivity (Wildman–Crippen MR) is 34.8 cm³/mol. The van der Waals surface area contributed by atoms with Gasteiger partial charge in [0.15, 0.2) is 0 Å². The van der Waals surface area contributed by atoms with E-state index in [9.17, 15) is 4.79 Å². The summed E-state index contributed by atoms with van der Waals surface area (Å²) in [7, 11) is 4.87. The highest BCUT2D eigenvalue weighted by Crippen LogP contribution is 1.80. The molecular formula is C6H11NO2. The van der Waals surface area contributed by atoms with Crippen molar-refractivity contribution in [2.45, 2.75) is 0 Å². The number of nitrogens with zero attached hydrogens (tertiary/aromatic N) is 1. The molecule has 0 aliphatic rings. The summed E-state index contributed by atoms with van der Waals surface area (Å²) in [5, 5.41) is 0. The maximum absolute atomic E-state index is 10.7. The van der Waals surface area contributed by atoms with Gasteiger partial charge in [-0.25, -0.2) is 0 Å². The van der Waals surface area contributed by atoms with Gasteiger partial charge >= 0.3 is 0 Å². The topological polar surface area (TPSA) is 29.5 Å². The van der Waals surface area contributed by atoms with Gasteiger partial charge in [-0.1, -0.05) is 0 Å². The van der Waals surface area contributed by atoms with Gasteiger partial charge in [-0.2, -0.15) is 0 Å². The monoisotopic (exact) mass is 129 g/mol. The number of carbonyl (C=O) groups excluding carboxylic acids is 1. The molecule has 3 nitrogen and oxygen atoms in total. The van der Waals surface area contributed by atoms with Crippen LogP contribution in [-0.4, -0.2) is 32.0 Å². The maximum atomic E-state index is 10.7. The van der Waals surface area contributed by atoms with Crippen molar-refractivity contribution in [2.75, 3.05) is 21.2 Å². The zero-order valence-corrected chi connectivity index (χ0v) is 5.92. The van der Waals surface area contributed by atoms with E-state index in [-0.39, 0.29) is 5.91 Å². The number of hydrogen-bond donors (Lipinski definition) is 0. The molecule has 0 saturated carbocycles. The highest BCUT2D eigenvalue weighted by Gasteiger charge is 1.94. The average molecular weight is 129 g/mol. The molecule has 0 aliphatic carbocycles. The minimum absolute atomic E-state index is 0.0724. The van der Waals surface area contributed by atoms with Crippen LogP contribution < -0.4 is 0 Å². The van der Waals surface area contributed by atoms with E-state index in [4.69, 9.17) is 0 Å². The largest absolute Gasteiger partial charge is 0.504 e. The molecule has 0 radical (unpaired) electrons. The molecule has 0 unspecified atom stereocenters. The molecule has 0 aromatic rings. The average Bonchev–Trinajstić information content (AvgIpc) is 1.82. The van der Waals surface area contributed by atoms with E-state index in [0.29, 0.717) is 0 Å². The molecule has 1 amide bonds. The highest BCUT2D eigenvalue weighted by atomic mass is 16.5. The molecule has 0 fully saturated rings. The molecule has 0 atom stereocenters. The minimum Gasteiger partial charge on any atom is -0.504 e. The van der Waals surface area contributed by atoms with E-state index in [1.807, 2.05) is 0 Å². The third-order valence-electron chi connectivity index (χ3n) is 0.787. The van der Waals surface area contributed by atoms with Gasteiger partial charge in [-0.15, -0.1) is 0 Å². The summed E-state index contributed by atoms with van der Waals surface area (Å²) in [4.78, 5) is 12.1. The fourth-order valence-electron chi connectivity index (χ4n) is 0.275. The molecule has 0 bridgehead atoms. The van der Waals surface area contributed by atoms with E-state index in [0.717, 1.165) is 0 Å². The molecule has 0 spiro atoms. The van der Waals surface area contributed by atoms with Crippen LogP contribution in [0, 0.1) is 0 Å². The minimum atomic E-state index is -0.0724. The van der Waals surface area contributed by atoms with E-state index in [1.165, 1.54) is 24.3 Å². The second-order valence-corrected chi connectivity index (χ2v) is 1.77. The van der Waals surface area contributed by atoms with Gasteiger partial charge in [-0.05, 0) is 0 Å². The number of amides is 1. The van der Waals surface area contributed by atoms with E-state index < -0.39 is 0 Å². The van der Waals surface area contributed by atoms with Crippen molar-refractivity contribution in [3.05, 3.63) is 12.3 Å². The van der Waals surface area contributed by atoms with Crippen LogP contribution in [0.15, 0.2) is 12.3 Å². The lowest BCUT2D eigenvalue weighted by molar-refractivity contribution is -0.123. The van der Waals surface area contributed by atoms with Gasteiger partial charge in [0.2, 0.25) is 5.91 Å². The van der Waals surface area contributed by atoms with Crippen LogP contribution in [0.2, 0.25) is 0 Å². The number of hydrogen-bond acceptors (Lipinski definition) is 2. The molecule has 3 heteroatoms. The van der Waals surface area contributed by atoms with Crippen molar-refractivity contribution >= 4 is 5.91 Å². The Labute approximate surface area is 54.9 Å². The van der Waals surface area contributed by atoms with Gasteiger partial charge in [0.05, 0.1) is 13.4 Å². The Hall–Kier alpha value is -0.990. The lowest BCUT2D eigenvalue weighted by Gasteiger charge is -2.04. The van der Waals surface area contributed by atoms with Crippen molar-refractivity contribution in [3.8, 4) is 0 Å². The summed E-state index contributed by atoms with van der Waals surface area (Å²) in [5.74, 6) is -0.0724. The highest BCUT2D eigenvalue weighted by molar-refractivity contribution is 5.86. The van der Waals surface area contributed by atoms with E-state index in [2.05, 4.69) is 4.74 Å². The molecule has 0 rings (SSSR count). The van der Waals surface area contributed by atoms with Crippen molar-refractivity contribution in [1.82, 2.24) is 4.90 Å². The molecule has 52 valence electrons. The second-order valence-electron chi connectivity index (χ2n) is 1.77. The van der Waals surface area contributed by atoms with Gasteiger partial charge in [0, 0.05) is 20.2 Å². The third-order valence-corrected chi connectivity index (χ3v) is 0.787. The molecule has 0 heterocycles.